The van der Waals surface area contributed by atoms with Gasteiger partial charge in [-0.25, -0.2) is 4.39 Å². The number of nitrogens with zero attached hydrogens (tertiary/aromatic N) is 1. The van der Waals surface area contributed by atoms with Gasteiger partial charge in [0.2, 0.25) is 5.91 Å². The zero-order chi connectivity index (χ0) is 21.7. The lowest BCUT2D eigenvalue weighted by Crippen LogP contribution is -2.44. The van der Waals surface area contributed by atoms with Crippen molar-refractivity contribution in [1.29, 1.82) is 0 Å². The Balaban J connectivity index is 1.59. The van der Waals surface area contributed by atoms with E-state index in [4.69, 9.17) is 14.2 Å². The molecule has 1 N–H and O–H groups in total. The Kier molecular flexibility index (Phi) is 7.15. The summed E-state index contributed by atoms with van der Waals surface area (Å²) in [6.45, 7) is 4.48. The number of nitrogens with one attached hydrogen (secondary N) is 1. The Hall–Kier alpha value is -2.81. The molecule has 160 valence electrons. The molecule has 1 unspecified atom stereocenters. The maximum Gasteiger partial charge on any atom is 0.263 e. The largest absolute Gasteiger partial charge is 0.486 e. The highest BCUT2D eigenvalue weighted by Gasteiger charge is 2.24. The second-order valence-electron chi connectivity index (χ2n) is 6.59. The monoisotopic (exact) mass is 480 g/mol. The van der Waals surface area contributed by atoms with Gasteiger partial charge < -0.3 is 24.4 Å². The molecule has 0 aliphatic carbocycles. The molecule has 30 heavy (non-hydrogen) atoms. The summed E-state index contributed by atoms with van der Waals surface area (Å²) in [6, 6.07) is 9.06. The normalized spacial score (nSPS) is 13.3. The molecule has 3 rings (SSSR count). The molecule has 1 atom stereocenters. The predicted molar refractivity (Wildman–Crippen MR) is 113 cm³/mol. The van der Waals surface area contributed by atoms with Crippen LogP contribution in [0.1, 0.15) is 13.8 Å². The van der Waals surface area contributed by atoms with Crippen molar-refractivity contribution in [1.82, 2.24) is 4.90 Å². The molecular weight excluding hydrogens is 459 g/mol. The van der Waals surface area contributed by atoms with Gasteiger partial charge in [0.15, 0.2) is 17.6 Å². The molecule has 1 aliphatic rings. The van der Waals surface area contributed by atoms with Gasteiger partial charge in [-0.1, -0.05) is 0 Å². The molecule has 0 aromatic heterocycles. The molecule has 7 nitrogen and oxygen atoms in total. The van der Waals surface area contributed by atoms with E-state index in [1.165, 1.54) is 23.1 Å². The molecule has 2 aromatic carbocycles. The first-order valence-corrected chi connectivity index (χ1v) is 10.3. The number of carbonyl (C=O) groups excluding carboxylic acids is 2. The lowest BCUT2D eigenvalue weighted by Gasteiger charge is -2.25. The Morgan fingerprint density at radius 1 is 1.20 bits per heavy atom. The van der Waals surface area contributed by atoms with E-state index >= 15 is 0 Å². The quantitative estimate of drug-likeness (QED) is 0.654. The number of carbonyl (C=O) groups is 2. The van der Waals surface area contributed by atoms with E-state index in [2.05, 4.69) is 21.2 Å². The summed E-state index contributed by atoms with van der Waals surface area (Å²) < 4.78 is 30.2. The van der Waals surface area contributed by atoms with Crippen molar-refractivity contribution in [2.24, 2.45) is 0 Å². The van der Waals surface area contributed by atoms with Gasteiger partial charge in [0.1, 0.15) is 24.8 Å². The third-order valence-electron chi connectivity index (χ3n) is 4.40. The van der Waals surface area contributed by atoms with E-state index in [1.54, 1.807) is 32.0 Å². The van der Waals surface area contributed by atoms with E-state index < -0.39 is 11.9 Å². The zero-order valence-electron chi connectivity index (χ0n) is 16.6. The molecule has 1 heterocycles. The van der Waals surface area contributed by atoms with Gasteiger partial charge in [-0.2, -0.15) is 0 Å². The summed E-state index contributed by atoms with van der Waals surface area (Å²) in [5.41, 5.74) is 0.548. The molecule has 0 saturated heterocycles. The smallest absolute Gasteiger partial charge is 0.263 e. The van der Waals surface area contributed by atoms with Gasteiger partial charge in [-0.15, -0.1) is 0 Å². The van der Waals surface area contributed by atoms with Crippen LogP contribution in [0.5, 0.6) is 17.2 Å². The summed E-state index contributed by atoms with van der Waals surface area (Å²) in [7, 11) is 0. The summed E-state index contributed by atoms with van der Waals surface area (Å²) in [5.74, 6) is 0.410. The van der Waals surface area contributed by atoms with Crippen molar-refractivity contribution in [3.8, 4) is 17.2 Å². The van der Waals surface area contributed by atoms with Crippen molar-refractivity contribution in [2.45, 2.75) is 20.0 Å². The van der Waals surface area contributed by atoms with Crippen LogP contribution in [0.2, 0.25) is 0 Å². The number of anilines is 1. The molecule has 2 aromatic rings. The summed E-state index contributed by atoms with van der Waals surface area (Å²) in [6.07, 6.45) is -0.853. The van der Waals surface area contributed by atoms with E-state index in [1.807, 2.05) is 0 Å². The maximum atomic E-state index is 13.2. The first-order valence-electron chi connectivity index (χ1n) is 9.47. The number of rotatable bonds is 7. The number of hydrogen-bond acceptors (Lipinski definition) is 5. The molecule has 0 fully saturated rings. The first-order chi connectivity index (χ1) is 14.4. The van der Waals surface area contributed by atoms with Crippen LogP contribution < -0.4 is 19.5 Å². The minimum Gasteiger partial charge on any atom is -0.486 e. The highest BCUT2D eigenvalue weighted by molar-refractivity contribution is 9.10. The Morgan fingerprint density at radius 3 is 2.63 bits per heavy atom. The predicted octanol–water partition coefficient (Wildman–Crippen LogP) is 3.61. The van der Waals surface area contributed by atoms with E-state index in [0.717, 1.165) is 0 Å². The van der Waals surface area contributed by atoms with Crippen molar-refractivity contribution in [3.63, 3.8) is 0 Å². The van der Waals surface area contributed by atoms with Crippen LogP contribution >= 0.6 is 15.9 Å². The molecule has 0 radical (unpaired) electrons. The van der Waals surface area contributed by atoms with Crippen molar-refractivity contribution in [2.75, 3.05) is 31.6 Å². The minimum absolute atomic E-state index is 0.137. The fourth-order valence-electron chi connectivity index (χ4n) is 2.91. The van der Waals surface area contributed by atoms with Crippen molar-refractivity contribution in [3.05, 3.63) is 46.7 Å². The van der Waals surface area contributed by atoms with Crippen LogP contribution in [0.3, 0.4) is 0 Å². The van der Waals surface area contributed by atoms with Crippen molar-refractivity contribution >= 4 is 33.4 Å². The SMILES string of the molecule is CCN(CC(=O)Nc1ccc2c(c1)OCCO2)C(=O)C(C)Oc1ccc(F)cc1Br. The number of fused-ring (bicyclic) bond motifs is 1. The standard InChI is InChI=1S/C21H22BrFN2O5/c1-3-25(21(27)13(2)30-17-6-4-14(23)10-16(17)22)12-20(26)24-15-5-7-18-19(11-15)29-9-8-28-18/h4-7,10-11,13H,3,8-9,12H2,1-2H3,(H,24,26). The molecule has 2 amide bonds. The summed E-state index contributed by atoms with van der Waals surface area (Å²) in [5, 5.41) is 2.76. The number of likely N-dealkylation sites (N-methyl/N-ethyl adjacent to an activating group) is 1. The number of halogens is 2. The van der Waals surface area contributed by atoms with Gasteiger partial charge in [0, 0.05) is 18.3 Å². The summed E-state index contributed by atoms with van der Waals surface area (Å²) >= 11 is 3.21. The highest BCUT2D eigenvalue weighted by Crippen LogP contribution is 2.32. The van der Waals surface area contributed by atoms with Crippen LogP contribution in [0.25, 0.3) is 0 Å². The molecule has 0 bridgehead atoms. The van der Waals surface area contributed by atoms with Gasteiger partial charge >= 0.3 is 0 Å². The second kappa shape index (κ2) is 9.80. The average Bonchev–Trinajstić information content (AvgIpc) is 2.73. The molecule has 9 heteroatoms. The lowest BCUT2D eigenvalue weighted by molar-refractivity contribution is -0.140. The van der Waals surface area contributed by atoms with Crippen LogP contribution in [-0.2, 0) is 9.59 Å². The van der Waals surface area contributed by atoms with Crippen LogP contribution in [-0.4, -0.2) is 49.1 Å². The first kappa shape index (κ1) is 21.9. The third-order valence-corrected chi connectivity index (χ3v) is 5.02. The molecular formula is C21H22BrFN2O5. The molecule has 0 saturated carbocycles. The number of ether oxygens (including phenoxy) is 3. The van der Waals surface area contributed by atoms with Crippen LogP contribution in [0.4, 0.5) is 10.1 Å². The van der Waals surface area contributed by atoms with Crippen LogP contribution in [0.15, 0.2) is 40.9 Å². The number of hydrogen-bond donors (Lipinski definition) is 1. The Bertz CT molecular complexity index is 940. The fraction of sp³-hybridized carbons (Fsp3) is 0.333. The fourth-order valence-corrected chi connectivity index (χ4v) is 3.35. The van der Waals surface area contributed by atoms with E-state index in [0.29, 0.717) is 47.2 Å². The zero-order valence-corrected chi connectivity index (χ0v) is 18.2. The van der Waals surface area contributed by atoms with E-state index in [9.17, 15) is 14.0 Å². The minimum atomic E-state index is -0.853. The van der Waals surface area contributed by atoms with Gasteiger partial charge in [0.25, 0.3) is 5.91 Å². The topological polar surface area (TPSA) is 77.1 Å². The van der Waals surface area contributed by atoms with Crippen molar-refractivity contribution < 1.29 is 28.2 Å². The maximum absolute atomic E-state index is 13.2. The lowest BCUT2D eigenvalue weighted by atomic mass is 10.2. The number of benzene rings is 2. The highest BCUT2D eigenvalue weighted by atomic mass is 79.9. The van der Waals surface area contributed by atoms with E-state index in [-0.39, 0.29) is 18.4 Å². The van der Waals surface area contributed by atoms with Gasteiger partial charge in [-0.05, 0) is 60.1 Å². The number of amides is 2. The Labute approximate surface area is 182 Å². The van der Waals surface area contributed by atoms with Gasteiger partial charge in [-0.3, -0.25) is 9.59 Å². The third kappa shape index (κ3) is 5.41. The van der Waals surface area contributed by atoms with Gasteiger partial charge in [0.05, 0.1) is 11.0 Å². The molecule has 1 aliphatic heterocycles. The average molecular weight is 481 g/mol. The van der Waals surface area contributed by atoms with Crippen LogP contribution in [0, 0.1) is 5.82 Å². The second-order valence-corrected chi connectivity index (χ2v) is 7.45. The Morgan fingerprint density at radius 2 is 1.93 bits per heavy atom. The molecule has 0 spiro atoms. The summed E-state index contributed by atoms with van der Waals surface area (Å²) in [4.78, 5) is 26.6.